The second-order valence-corrected chi connectivity index (χ2v) is 4.03. The zero-order valence-corrected chi connectivity index (χ0v) is 9.98. The smallest absolute Gasteiger partial charge is 0.239 e. The number of nitrogens with one attached hydrogen (secondary N) is 2. The van der Waals surface area contributed by atoms with E-state index in [-0.39, 0.29) is 5.91 Å². The van der Waals surface area contributed by atoms with E-state index in [9.17, 15) is 4.79 Å². The summed E-state index contributed by atoms with van der Waals surface area (Å²) in [6.07, 6.45) is 0. The third kappa shape index (κ3) is 4.58. The standard InChI is InChI=1S/C10H23N3O/c1-6-13(5)8-7-12-9(14)10(2,3)11-4/h11H,6-8H2,1-5H3,(H,12,14). The molecule has 0 radical (unpaired) electrons. The summed E-state index contributed by atoms with van der Waals surface area (Å²) in [5.74, 6) is 0.0458. The molecule has 0 saturated carbocycles. The van der Waals surface area contributed by atoms with Gasteiger partial charge in [-0.1, -0.05) is 6.92 Å². The van der Waals surface area contributed by atoms with Crippen LogP contribution < -0.4 is 10.6 Å². The molecule has 0 aromatic carbocycles. The summed E-state index contributed by atoms with van der Waals surface area (Å²) in [6.45, 7) is 8.43. The number of rotatable bonds is 6. The highest BCUT2D eigenvalue weighted by Crippen LogP contribution is 1.99. The zero-order valence-electron chi connectivity index (χ0n) is 9.98. The highest BCUT2D eigenvalue weighted by molar-refractivity contribution is 5.85. The van der Waals surface area contributed by atoms with Crippen LogP contribution in [0, 0.1) is 0 Å². The minimum absolute atomic E-state index is 0.0458. The van der Waals surface area contributed by atoms with Gasteiger partial charge in [-0.25, -0.2) is 0 Å². The minimum atomic E-state index is -0.481. The lowest BCUT2D eigenvalue weighted by Crippen LogP contribution is -2.52. The Hall–Kier alpha value is -0.610. The largest absolute Gasteiger partial charge is 0.353 e. The van der Waals surface area contributed by atoms with Crippen LogP contribution in [-0.4, -0.2) is 50.1 Å². The highest BCUT2D eigenvalue weighted by Gasteiger charge is 2.24. The summed E-state index contributed by atoms with van der Waals surface area (Å²) < 4.78 is 0. The van der Waals surface area contributed by atoms with E-state index in [0.29, 0.717) is 6.54 Å². The Balaban J connectivity index is 3.75. The van der Waals surface area contributed by atoms with Gasteiger partial charge < -0.3 is 15.5 Å². The zero-order chi connectivity index (χ0) is 11.2. The molecule has 0 aliphatic rings. The SMILES string of the molecule is CCN(C)CCNC(=O)C(C)(C)NC. The lowest BCUT2D eigenvalue weighted by atomic mass is 10.1. The van der Waals surface area contributed by atoms with Crippen LogP contribution in [0.2, 0.25) is 0 Å². The van der Waals surface area contributed by atoms with E-state index in [4.69, 9.17) is 0 Å². The molecule has 0 atom stereocenters. The molecule has 2 N–H and O–H groups in total. The summed E-state index contributed by atoms with van der Waals surface area (Å²) in [6, 6.07) is 0. The molecular weight excluding hydrogens is 178 g/mol. The lowest BCUT2D eigenvalue weighted by molar-refractivity contribution is -0.126. The maximum absolute atomic E-state index is 11.6. The van der Waals surface area contributed by atoms with Gasteiger partial charge in [-0.05, 0) is 34.5 Å². The van der Waals surface area contributed by atoms with Crippen molar-refractivity contribution in [3.63, 3.8) is 0 Å². The van der Waals surface area contributed by atoms with Gasteiger partial charge in [-0.15, -0.1) is 0 Å². The fraction of sp³-hybridized carbons (Fsp3) is 0.900. The Kier molecular flexibility index (Phi) is 5.72. The summed E-state index contributed by atoms with van der Waals surface area (Å²) in [5.41, 5.74) is -0.481. The van der Waals surface area contributed by atoms with Crippen LogP contribution in [0.5, 0.6) is 0 Å². The van der Waals surface area contributed by atoms with Crippen molar-refractivity contribution in [1.82, 2.24) is 15.5 Å². The average Bonchev–Trinajstić information content (AvgIpc) is 2.17. The third-order valence-corrected chi connectivity index (χ3v) is 2.51. The molecule has 0 fully saturated rings. The first-order chi connectivity index (χ1) is 6.44. The Bertz CT molecular complexity index is 180. The summed E-state index contributed by atoms with van der Waals surface area (Å²) in [7, 11) is 3.83. The van der Waals surface area contributed by atoms with Crippen LogP contribution in [-0.2, 0) is 4.79 Å². The molecule has 0 aliphatic carbocycles. The van der Waals surface area contributed by atoms with Gasteiger partial charge in [0.15, 0.2) is 0 Å². The molecule has 0 bridgehead atoms. The Morgan fingerprint density at radius 1 is 1.43 bits per heavy atom. The fourth-order valence-corrected chi connectivity index (χ4v) is 0.853. The topological polar surface area (TPSA) is 44.4 Å². The van der Waals surface area contributed by atoms with Crippen molar-refractivity contribution in [2.24, 2.45) is 0 Å². The van der Waals surface area contributed by atoms with Crippen LogP contribution >= 0.6 is 0 Å². The van der Waals surface area contributed by atoms with Crippen molar-refractivity contribution < 1.29 is 4.79 Å². The molecule has 1 amide bonds. The number of hydrogen-bond donors (Lipinski definition) is 2. The number of likely N-dealkylation sites (N-methyl/N-ethyl adjacent to an activating group) is 2. The summed E-state index contributed by atoms with van der Waals surface area (Å²) >= 11 is 0. The van der Waals surface area contributed by atoms with Gasteiger partial charge in [0.2, 0.25) is 5.91 Å². The Morgan fingerprint density at radius 2 is 2.00 bits per heavy atom. The monoisotopic (exact) mass is 201 g/mol. The first-order valence-electron chi connectivity index (χ1n) is 5.09. The normalized spacial score (nSPS) is 11.9. The van der Waals surface area contributed by atoms with Gasteiger partial charge in [0, 0.05) is 13.1 Å². The maximum atomic E-state index is 11.6. The summed E-state index contributed by atoms with van der Waals surface area (Å²) in [5, 5.41) is 5.86. The molecule has 0 heterocycles. The molecule has 0 aliphatic heterocycles. The number of hydrogen-bond acceptors (Lipinski definition) is 3. The van der Waals surface area contributed by atoms with Crippen LogP contribution in [0.15, 0.2) is 0 Å². The first-order valence-corrected chi connectivity index (χ1v) is 5.09. The molecule has 0 aromatic heterocycles. The van der Waals surface area contributed by atoms with E-state index in [1.807, 2.05) is 20.9 Å². The van der Waals surface area contributed by atoms with E-state index in [0.717, 1.165) is 13.1 Å². The molecular formula is C10H23N3O. The van der Waals surface area contributed by atoms with Crippen molar-refractivity contribution in [1.29, 1.82) is 0 Å². The van der Waals surface area contributed by atoms with E-state index < -0.39 is 5.54 Å². The van der Waals surface area contributed by atoms with E-state index >= 15 is 0 Å². The fourth-order valence-electron chi connectivity index (χ4n) is 0.853. The predicted octanol–water partition coefficient (Wildman–Crippen LogP) is 0.0523. The maximum Gasteiger partial charge on any atom is 0.239 e. The van der Waals surface area contributed by atoms with Crippen LogP contribution in [0.3, 0.4) is 0 Å². The highest BCUT2D eigenvalue weighted by atomic mass is 16.2. The second kappa shape index (κ2) is 5.98. The minimum Gasteiger partial charge on any atom is -0.353 e. The number of carbonyl (C=O) groups is 1. The molecule has 0 rings (SSSR count). The van der Waals surface area contributed by atoms with Crippen LogP contribution in [0.1, 0.15) is 20.8 Å². The molecule has 0 spiro atoms. The number of amides is 1. The van der Waals surface area contributed by atoms with Crippen LogP contribution in [0.25, 0.3) is 0 Å². The Morgan fingerprint density at radius 3 is 2.43 bits per heavy atom. The molecule has 0 aromatic rings. The second-order valence-electron chi connectivity index (χ2n) is 4.03. The first kappa shape index (κ1) is 13.4. The lowest BCUT2D eigenvalue weighted by Gasteiger charge is -2.23. The van der Waals surface area contributed by atoms with Crippen molar-refractivity contribution >= 4 is 5.91 Å². The van der Waals surface area contributed by atoms with Crippen molar-refractivity contribution in [3.8, 4) is 0 Å². The summed E-state index contributed by atoms with van der Waals surface area (Å²) in [4.78, 5) is 13.7. The molecule has 0 saturated heterocycles. The van der Waals surface area contributed by atoms with Gasteiger partial charge in [0.05, 0.1) is 5.54 Å². The molecule has 84 valence electrons. The molecule has 14 heavy (non-hydrogen) atoms. The van der Waals surface area contributed by atoms with Gasteiger partial charge in [-0.2, -0.15) is 0 Å². The quantitative estimate of drug-likeness (QED) is 0.638. The van der Waals surface area contributed by atoms with E-state index in [2.05, 4.69) is 22.5 Å². The van der Waals surface area contributed by atoms with Gasteiger partial charge in [0.1, 0.15) is 0 Å². The van der Waals surface area contributed by atoms with Crippen LogP contribution in [0.4, 0.5) is 0 Å². The van der Waals surface area contributed by atoms with Gasteiger partial charge in [0.25, 0.3) is 0 Å². The number of nitrogens with zero attached hydrogens (tertiary/aromatic N) is 1. The van der Waals surface area contributed by atoms with E-state index in [1.54, 1.807) is 7.05 Å². The van der Waals surface area contributed by atoms with Crippen molar-refractivity contribution in [2.45, 2.75) is 26.3 Å². The van der Waals surface area contributed by atoms with Gasteiger partial charge in [-0.3, -0.25) is 4.79 Å². The Labute approximate surface area is 87.0 Å². The average molecular weight is 201 g/mol. The molecule has 0 unspecified atom stereocenters. The number of carbonyl (C=O) groups excluding carboxylic acids is 1. The van der Waals surface area contributed by atoms with Gasteiger partial charge >= 0.3 is 0 Å². The molecule has 4 nitrogen and oxygen atoms in total. The third-order valence-electron chi connectivity index (χ3n) is 2.51. The molecule has 4 heteroatoms. The van der Waals surface area contributed by atoms with Crippen molar-refractivity contribution in [2.75, 3.05) is 33.7 Å². The van der Waals surface area contributed by atoms with E-state index in [1.165, 1.54) is 0 Å². The van der Waals surface area contributed by atoms with Crippen molar-refractivity contribution in [3.05, 3.63) is 0 Å². The predicted molar refractivity (Wildman–Crippen MR) is 59.3 cm³/mol.